The molecule has 3 atom stereocenters. The van der Waals surface area contributed by atoms with Crippen molar-refractivity contribution in [3.8, 4) is 0 Å². The summed E-state index contributed by atoms with van der Waals surface area (Å²) in [4.78, 5) is 30.6. The number of ether oxygens (including phenoxy) is 2. The Labute approximate surface area is 188 Å². The second kappa shape index (κ2) is 12.0. The van der Waals surface area contributed by atoms with Crippen LogP contribution in [0.15, 0.2) is 35.5 Å². The highest BCUT2D eigenvalue weighted by molar-refractivity contribution is 8.13. The minimum Gasteiger partial charge on any atom is -0.444 e. The van der Waals surface area contributed by atoms with E-state index in [0.29, 0.717) is 13.0 Å². The Morgan fingerprint density at radius 1 is 1.29 bits per heavy atom. The summed E-state index contributed by atoms with van der Waals surface area (Å²) in [5, 5.41) is 10.4. The van der Waals surface area contributed by atoms with Crippen molar-refractivity contribution in [2.75, 3.05) is 12.3 Å². The van der Waals surface area contributed by atoms with Crippen LogP contribution >= 0.6 is 11.8 Å². The van der Waals surface area contributed by atoms with Gasteiger partial charge >= 0.3 is 6.09 Å². The minimum atomic E-state index is -0.926. The monoisotopic (exact) mass is 451 g/mol. The molecule has 1 unspecified atom stereocenters. The topological polar surface area (TPSA) is 98.2 Å². The third kappa shape index (κ3) is 9.18. The fourth-order valence-corrected chi connectivity index (χ4v) is 3.55. The second-order valence-corrected chi connectivity index (χ2v) is 9.56. The lowest BCUT2D eigenvalue weighted by atomic mass is 10.1. The van der Waals surface area contributed by atoms with E-state index in [2.05, 4.69) is 15.8 Å². The highest BCUT2D eigenvalue weighted by atomic mass is 32.2. The molecule has 0 aliphatic carbocycles. The molecule has 0 saturated carbocycles. The van der Waals surface area contributed by atoms with Crippen LogP contribution in [0.1, 0.15) is 46.6 Å². The van der Waals surface area contributed by atoms with Gasteiger partial charge in [-0.2, -0.15) is 0 Å². The van der Waals surface area contributed by atoms with E-state index in [1.54, 1.807) is 39.5 Å². The van der Waals surface area contributed by atoms with Crippen LogP contribution < -0.4 is 10.6 Å². The molecular weight excluding hydrogens is 418 g/mol. The summed E-state index contributed by atoms with van der Waals surface area (Å²) in [5.74, 6) is 0.547. The van der Waals surface area contributed by atoms with Gasteiger partial charge in [0, 0.05) is 6.42 Å². The van der Waals surface area contributed by atoms with E-state index in [0.717, 1.165) is 16.4 Å². The first kappa shape index (κ1) is 25.0. The maximum atomic E-state index is 12.9. The Balaban J connectivity index is 1.95. The summed E-state index contributed by atoms with van der Waals surface area (Å²) < 4.78 is 11.2. The van der Waals surface area contributed by atoms with Gasteiger partial charge in [-0.15, -0.1) is 11.8 Å². The van der Waals surface area contributed by atoms with Crippen molar-refractivity contribution in [3.63, 3.8) is 0 Å². The number of oxime groups is 1. The molecule has 0 bridgehead atoms. The van der Waals surface area contributed by atoms with Gasteiger partial charge in [0.15, 0.2) is 6.10 Å². The number of amides is 2. The summed E-state index contributed by atoms with van der Waals surface area (Å²) in [7, 11) is 0. The van der Waals surface area contributed by atoms with Crippen LogP contribution in [0.25, 0.3) is 0 Å². The predicted molar refractivity (Wildman–Crippen MR) is 122 cm³/mol. The smallest absolute Gasteiger partial charge is 0.408 e. The summed E-state index contributed by atoms with van der Waals surface area (Å²) >= 11 is 1.62. The highest BCUT2D eigenvalue weighted by Crippen LogP contribution is 2.18. The van der Waals surface area contributed by atoms with E-state index < -0.39 is 23.8 Å². The van der Waals surface area contributed by atoms with Crippen LogP contribution in [-0.4, -0.2) is 53.2 Å². The SMILES string of the molecule is CCSC1=NOC(CNC(=O)[C@@H](NC(=O)OC(C)(C)C)[C@@H](C)OCc2ccccc2)C1. The van der Waals surface area contributed by atoms with Crippen molar-refractivity contribution >= 4 is 28.8 Å². The molecule has 0 fully saturated rings. The number of carbonyl (C=O) groups excluding carboxylic acids is 2. The van der Waals surface area contributed by atoms with E-state index in [1.165, 1.54) is 0 Å². The molecule has 1 aliphatic heterocycles. The van der Waals surface area contributed by atoms with Gasteiger partial charge < -0.3 is 24.9 Å². The Morgan fingerprint density at radius 2 is 2.00 bits per heavy atom. The molecule has 1 aromatic carbocycles. The number of hydrogen-bond acceptors (Lipinski definition) is 7. The normalized spacial score (nSPS) is 17.8. The van der Waals surface area contributed by atoms with Crippen molar-refractivity contribution in [1.29, 1.82) is 0 Å². The van der Waals surface area contributed by atoms with E-state index in [1.807, 2.05) is 37.3 Å². The molecule has 2 amide bonds. The number of rotatable bonds is 9. The standard InChI is InChI=1S/C22H33N3O5S/c1-6-31-18-12-17(30-25-18)13-23-20(26)19(24-21(27)29-22(3,4)5)15(2)28-14-16-10-8-7-9-11-16/h7-11,15,17,19H,6,12-14H2,1-5H3,(H,23,26)(H,24,27)/t15-,17?,19+/m1/s1. The molecule has 9 heteroatoms. The van der Waals surface area contributed by atoms with E-state index >= 15 is 0 Å². The van der Waals surface area contributed by atoms with Crippen molar-refractivity contribution in [1.82, 2.24) is 10.6 Å². The maximum absolute atomic E-state index is 12.9. The zero-order chi connectivity index (χ0) is 22.9. The van der Waals surface area contributed by atoms with Gasteiger partial charge in [0.05, 0.1) is 19.3 Å². The van der Waals surface area contributed by atoms with Gasteiger partial charge in [0.25, 0.3) is 0 Å². The van der Waals surface area contributed by atoms with Crippen molar-refractivity contribution < 1.29 is 23.9 Å². The van der Waals surface area contributed by atoms with E-state index in [-0.39, 0.29) is 18.6 Å². The van der Waals surface area contributed by atoms with Gasteiger partial charge in [-0.3, -0.25) is 4.79 Å². The Morgan fingerprint density at radius 3 is 2.65 bits per heavy atom. The molecule has 0 saturated heterocycles. The summed E-state index contributed by atoms with van der Waals surface area (Å²) in [6.07, 6.45) is -0.825. The van der Waals surface area contributed by atoms with E-state index in [4.69, 9.17) is 14.3 Å². The zero-order valence-corrected chi connectivity index (χ0v) is 19.7. The number of benzene rings is 1. The van der Waals surface area contributed by atoms with Crippen LogP contribution in [0.3, 0.4) is 0 Å². The molecule has 2 rings (SSSR count). The van der Waals surface area contributed by atoms with Crippen LogP contribution in [-0.2, 0) is 25.7 Å². The molecule has 172 valence electrons. The lowest BCUT2D eigenvalue weighted by Gasteiger charge is -2.27. The summed E-state index contributed by atoms with van der Waals surface area (Å²) in [5.41, 5.74) is 0.296. The first-order valence-electron chi connectivity index (χ1n) is 10.5. The van der Waals surface area contributed by atoms with Gasteiger partial charge in [-0.1, -0.05) is 42.4 Å². The average Bonchev–Trinajstić information content (AvgIpc) is 3.15. The number of nitrogens with zero attached hydrogens (tertiary/aromatic N) is 1. The van der Waals surface area contributed by atoms with Crippen molar-refractivity contribution in [3.05, 3.63) is 35.9 Å². The minimum absolute atomic E-state index is 0.222. The van der Waals surface area contributed by atoms with Gasteiger partial charge in [0.1, 0.15) is 16.7 Å². The zero-order valence-electron chi connectivity index (χ0n) is 18.8. The van der Waals surface area contributed by atoms with Crippen LogP contribution in [0, 0.1) is 0 Å². The molecule has 1 aliphatic rings. The lowest BCUT2D eigenvalue weighted by molar-refractivity contribution is -0.127. The number of thioether (sulfide) groups is 1. The predicted octanol–water partition coefficient (Wildman–Crippen LogP) is 3.46. The Kier molecular flexibility index (Phi) is 9.64. The van der Waals surface area contributed by atoms with Crippen molar-refractivity contribution in [2.24, 2.45) is 5.16 Å². The second-order valence-electron chi connectivity index (χ2n) is 8.22. The third-order valence-corrected chi connectivity index (χ3v) is 5.16. The number of nitrogens with one attached hydrogen (secondary N) is 2. The molecule has 1 aromatic rings. The van der Waals surface area contributed by atoms with Gasteiger partial charge in [-0.05, 0) is 39.0 Å². The molecule has 8 nitrogen and oxygen atoms in total. The average molecular weight is 452 g/mol. The molecule has 2 N–H and O–H groups in total. The molecular formula is C22H33N3O5S. The Bertz CT molecular complexity index is 751. The van der Waals surface area contributed by atoms with Crippen LogP contribution in [0.5, 0.6) is 0 Å². The van der Waals surface area contributed by atoms with Crippen molar-refractivity contribution in [2.45, 2.75) is 71.5 Å². The number of hydrogen-bond donors (Lipinski definition) is 2. The number of alkyl carbamates (subject to hydrolysis) is 1. The molecule has 1 heterocycles. The first-order chi connectivity index (χ1) is 14.7. The summed E-state index contributed by atoms with van der Waals surface area (Å²) in [6, 6.07) is 8.71. The van der Waals surface area contributed by atoms with Gasteiger partial charge in [-0.25, -0.2) is 4.79 Å². The molecule has 0 radical (unpaired) electrons. The maximum Gasteiger partial charge on any atom is 0.408 e. The molecule has 31 heavy (non-hydrogen) atoms. The fraction of sp³-hybridized carbons (Fsp3) is 0.591. The largest absolute Gasteiger partial charge is 0.444 e. The molecule has 0 aromatic heterocycles. The third-order valence-electron chi connectivity index (χ3n) is 4.30. The quantitative estimate of drug-likeness (QED) is 0.597. The fourth-order valence-electron chi connectivity index (χ4n) is 2.82. The van der Waals surface area contributed by atoms with E-state index in [9.17, 15) is 9.59 Å². The van der Waals surface area contributed by atoms with Gasteiger partial charge in [0.2, 0.25) is 5.91 Å². The van der Waals surface area contributed by atoms with Crippen LogP contribution in [0.2, 0.25) is 0 Å². The Hall–Kier alpha value is -2.26. The molecule has 0 spiro atoms. The van der Waals surface area contributed by atoms with Crippen LogP contribution in [0.4, 0.5) is 4.79 Å². The lowest BCUT2D eigenvalue weighted by Crippen LogP contribution is -2.54. The summed E-state index contributed by atoms with van der Waals surface area (Å²) in [6.45, 7) is 9.69. The highest BCUT2D eigenvalue weighted by Gasteiger charge is 2.31. The first-order valence-corrected chi connectivity index (χ1v) is 11.4. The number of carbonyl (C=O) groups is 2.